The molecule has 17 heavy (non-hydrogen) atoms. The third-order valence-electron chi connectivity index (χ3n) is 3.69. The second-order valence-electron chi connectivity index (χ2n) is 5.16. The average Bonchev–Trinajstić information content (AvgIpc) is 3.23. The van der Waals surface area contributed by atoms with Crippen LogP contribution in [0.15, 0.2) is 18.6 Å². The van der Waals surface area contributed by atoms with Crippen LogP contribution in [0.1, 0.15) is 25.7 Å². The fourth-order valence-electron chi connectivity index (χ4n) is 2.61. The van der Waals surface area contributed by atoms with Gasteiger partial charge >= 0.3 is 0 Å². The molecular formula is C13H20N4. The van der Waals surface area contributed by atoms with E-state index in [2.05, 4.69) is 20.2 Å². The minimum Gasteiger partial charge on any atom is -0.352 e. The monoisotopic (exact) mass is 232 g/mol. The Morgan fingerprint density at radius 3 is 2.88 bits per heavy atom. The van der Waals surface area contributed by atoms with Crippen LogP contribution in [-0.4, -0.2) is 35.6 Å². The number of hydrogen-bond acceptors (Lipinski definition) is 4. The van der Waals surface area contributed by atoms with Gasteiger partial charge in [-0.2, -0.15) is 0 Å². The molecule has 1 unspecified atom stereocenters. The lowest BCUT2D eigenvalue weighted by molar-refractivity contribution is 0.375. The quantitative estimate of drug-likeness (QED) is 0.853. The molecule has 0 bridgehead atoms. The van der Waals surface area contributed by atoms with Crippen LogP contribution >= 0.6 is 0 Å². The highest BCUT2D eigenvalue weighted by Gasteiger charge is 2.31. The van der Waals surface area contributed by atoms with Gasteiger partial charge in [0, 0.05) is 25.0 Å². The SMILES string of the molecule is c1cnc(N(CC2CCCNC2)C2CC2)cn1. The highest BCUT2D eigenvalue weighted by atomic mass is 15.2. The molecule has 2 heterocycles. The van der Waals surface area contributed by atoms with Crippen molar-refractivity contribution in [1.29, 1.82) is 0 Å². The molecule has 1 aliphatic carbocycles. The summed E-state index contributed by atoms with van der Waals surface area (Å²) in [6, 6.07) is 0.716. The van der Waals surface area contributed by atoms with Crippen molar-refractivity contribution >= 4 is 5.82 Å². The largest absolute Gasteiger partial charge is 0.352 e. The highest BCUT2D eigenvalue weighted by Crippen LogP contribution is 2.31. The molecule has 1 atom stereocenters. The van der Waals surface area contributed by atoms with Gasteiger partial charge in [0.05, 0.1) is 6.20 Å². The second-order valence-corrected chi connectivity index (χ2v) is 5.16. The fourth-order valence-corrected chi connectivity index (χ4v) is 2.61. The summed E-state index contributed by atoms with van der Waals surface area (Å²) in [7, 11) is 0. The Balaban J connectivity index is 1.67. The zero-order valence-corrected chi connectivity index (χ0v) is 10.2. The van der Waals surface area contributed by atoms with Gasteiger partial charge in [-0.1, -0.05) is 0 Å². The number of nitrogens with zero attached hydrogens (tertiary/aromatic N) is 3. The summed E-state index contributed by atoms with van der Waals surface area (Å²) in [5.74, 6) is 1.83. The van der Waals surface area contributed by atoms with E-state index in [0.717, 1.165) is 24.8 Å². The first-order chi connectivity index (χ1) is 8.43. The van der Waals surface area contributed by atoms with Gasteiger partial charge in [-0.25, -0.2) is 4.98 Å². The smallest absolute Gasteiger partial charge is 0.147 e. The van der Waals surface area contributed by atoms with E-state index in [1.807, 2.05) is 6.20 Å². The summed E-state index contributed by atoms with van der Waals surface area (Å²) in [5, 5.41) is 3.49. The van der Waals surface area contributed by atoms with Gasteiger partial charge in [0.15, 0.2) is 0 Å². The Hall–Kier alpha value is -1.16. The van der Waals surface area contributed by atoms with Gasteiger partial charge < -0.3 is 10.2 Å². The Bertz CT molecular complexity index is 344. The van der Waals surface area contributed by atoms with Crippen molar-refractivity contribution in [3.63, 3.8) is 0 Å². The molecule has 3 rings (SSSR count). The summed E-state index contributed by atoms with van der Waals surface area (Å²) >= 11 is 0. The van der Waals surface area contributed by atoms with E-state index in [1.54, 1.807) is 12.4 Å². The van der Waals surface area contributed by atoms with Gasteiger partial charge in [0.2, 0.25) is 0 Å². The van der Waals surface area contributed by atoms with E-state index in [4.69, 9.17) is 0 Å². The third-order valence-corrected chi connectivity index (χ3v) is 3.69. The number of rotatable bonds is 4. The van der Waals surface area contributed by atoms with Crippen molar-refractivity contribution < 1.29 is 0 Å². The lowest BCUT2D eigenvalue weighted by Crippen LogP contribution is -2.39. The van der Waals surface area contributed by atoms with Crippen LogP contribution in [0.4, 0.5) is 5.82 Å². The standard InChI is InChI=1S/C13H20N4/c1-2-11(8-14-5-1)10-17(12-3-4-12)13-9-15-6-7-16-13/h6-7,9,11-12,14H,1-5,8,10H2. The van der Waals surface area contributed by atoms with Gasteiger partial charge in [0.25, 0.3) is 0 Å². The Morgan fingerprint density at radius 1 is 1.29 bits per heavy atom. The molecule has 0 amide bonds. The predicted molar refractivity (Wildman–Crippen MR) is 68.0 cm³/mol. The lowest BCUT2D eigenvalue weighted by atomic mass is 9.99. The Morgan fingerprint density at radius 2 is 2.24 bits per heavy atom. The van der Waals surface area contributed by atoms with Crippen LogP contribution in [0, 0.1) is 5.92 Å². The molecule has 0 radical (unpaired) electrons. The number of hydrogen-bond donors (Lipinski definition) is 1. The molecular weight excluding hydrogens is 212 g/mol. The van der Waals surface area contributed by atoms with Crippen LogP contribution in [0.3, 0.4) is 0 Å². The fraction of sp³-hybridized carbons (Fsp3) is 0.692. The molecule has 0 spiro atoms. The van der Waals surface area contributed by atoms with Crippen molar-refractivity contribution in [3.8, 4) is 0 Å². The summed E-state index contributed by atoms with van der Waals surface area (Å²) in [5.41, 5.74) is 0. The maximum absolute atomic E-state index is 4.45. The molecule has 1 aromatic rings. The topological polar surface area (TPSA) is 41.1 Å². The van der Waals surface area contributed by atoms with Crippen LogP contribution in [0.2, 0.25) is 0 Å². The summed E-state index contributed by atoms with van der Waals surface area (Å²) in [6.45, 7) is 3.48. The van der Waals surface area contributed by atoms with Crippen LogP contribution in [0.25, 0.3) is 0 Å². The highest BCUT2D eigenvalue weighted by molar-refractivity contribution is 5.38. The Labute approximate surface area is 102 Å². The molecule has 1 N–H and O–H groups in total. The van der Waals surface area contributed by atoms with Crippen LogP contribution < -0.4 is 10.2 Å². The van der Waals surface area contributed by atoms with Crippen LogP contribution in [-0.2, 0) is 0 Å². The van der Waals surface area contributed by atoms with E-state index in [9.17, 15) is 0 Å². The summed E-state index contributed by atoms with van der Waals surface area (Å²) < 4.78 is 0. The van der Waals surface area contributed by atoms with Crippen LogP contribution in [0.5, 0.6) is 0 Å². The molecule has 1 aliphatic heterocycles. The second kappa shape index (κ2) is 5.00. The zero-order valence-electron chi connectivity index (χ0n) is 10.2. The first-order valence-corrected chi connectivity index (χ1v) is 6.67. The molecule has 2 fully saturated rings. The van der Waals surface area contributed by atoms with Gasteiger partial charge in [-0.15, -0.1) is 0 Å². The van der Waals surface area contributed by atoms with E-state index >= 15 is 0 Å². The van der Waals surface area contributed by atoms with Crippen molar-refractivity contribution in [1.82, 2.24) is 15.3 Å². The first-order valence-electron chi connectivity index (χ1n) is 6.67. The van der Waals surface area contributed by atoms with Crippen molar-refractivity contribution in [2.24, 2.45) is 5.92 Å². The molecule has 1 aromatic heterocycles. The Kier molecular flexibility index (Phi) is 3.22. The molecule has 92 valence electrons. The summed E-state index contributed by atoms with van der Waals surface area (Å²) in [4.78, 5) is 11.1. The van der Waals surface area contributed by atoms with Gasteiger partial charge in [-0.3, -0.25) is 4.98 Å². The number of nitrogens with one attached hydrogen (secondary N) is 1. The minimum atomic E-state index is 0.716. The van der Waals surface area contributed by atoms with Gasteiger partial charge in [-0.05, 0) is 44.7 Å². The number of piperidine rings is 1. The predicted octanol–water partition coefficient (Wildman–Crippen LogP) is 1.44. The molecule has 0 aromatic carbocycles. The van der Waals surface area contributed by atoms with E-state index < -0.39 is 0 Å². The first kappa shape index (κ1) is 11.0. The van der Waals surface area contributed by atoms with Gasteiger partial charge in [0.1, 0.15) is 5.82 Å². The normalized spacial score (nSPS) is 24.6. The lowest BCUT2D eigenvalue weighted by Gasteiger charge is -2.30. The number of aromatic nitrogens is 2. The summed E-state index contributed by atoms with van der Waals surface area (Å²) in [6.07, 6.45) is 10.7. The zero-order chi connectivity index (χ0) is 11.5. The van der Waals surface area contributed by atoms with Crippen molar-refractivity contribution in [2.45, 2.75) is 31.7 Å². The molecule has 1 saturated carbocycles. The van der Waals surface area contributed by atoms with E-state index in [1.165, 1.54) is 32.2 Å². The number of anilines is 1. The maximum atomic E-state index is 4.45. The maximum Gasteiger partial charge on any atom is 0.147 e. The molecule has 2 aliphatic rings. The molecule has 4 nitrogen and oxygen atoms in total. The minimum absolute atomic E-state index is 0.716. The van der Waals surface area contributed by atoms with Crippen molar-refractivity contribution in [3.05, 3.63) is 18.6 Å². The average molecular weight is 232 g/mol. The van der Waals surface area contributed by atoms with E-state index in [0.29, 0.717) is 6.04 Å². The van der Waals surface area contributed by atoms with E-state index in [-0.39, 0.29) is 0 Å². The van der Waals surface area contributed by atoms with Crippen molar-refractivity contribution in [2.75, 3.05) is 24.5 Å². The molecule has 1 saturated heterocycles. The molecule has 4 heteroatoms. The third kappa shape index (κ3) is 2.75.